The van der Waals surface area contributed by atoms with Gasteiger partial charge in [-0.05, 0) is 31.0 Å². The van der Waals surface area contributed by atoms with Gasteiger partial charge in [0.15, 0.2) is 9.84 Å². The summed E-state index contributed by atoms with van der Waals surface area (Å²) >= 11 is 0. The fourth-order valence-corrected chi connectivity index (χ4v) is 5.33. The minimum atomic E-state index is -3.95. The lowest BCUT2D eigenvalue weighted by molar-refractivity contribution is 0.571. The molecule has 0 bridgehead atoms. The molecule has 1 fully saturated rings. The third-order valence-electron chi connectivity index (χ3n) is 3.38. The summed E-state index contributed by atoms with van der Waals surface area (Å²) in [5.74, 6) is 0.0880. The Morgan fingerprint density at radius 2 is 2.14 bits per heavy atom. The van der Waals surface area contributed by atoms with Crippen molar-refractivity contribution in [2.75, 3.05) is 18.0 Å². The minimum Gasteiger partial charge on any atom is -0.399 e. The van der Waals surface area contributed by atoms with Crippen LogP contribution in [0.3, 0.4) is 0 Å². The van der Waals surface area contributed by atoms with Crippen LogP contribution in [-0.4, -0.2) is 34.4 Å². The molecule has 1 unspecified atom stereocenters. The summed E-state index contributed by atoms with van der Waals surface area (Å²) in [6.07, 6.45) is 0.984. The van der Waals surface area contributed by atoms with Crippen LogP contribution in [0.2, 0.25) is 0 Å². The highest BCUT2D eigenvalue weighted by Crippen LogP contribution is 2.21. The number of rotatable bonds is 4. The summed E-state index contributed by atoms with van der Waals surface area (Å²) in [6, 6.07) is 5.65. The van der Waals surface area contributed by atoms with Gasteiger partial charge >= 0.3 is 0 Å². The first-order valence-electron chi connectivity index (χ1n) is 6.27. The summed E-state index contributed by atoms with van der Waals surface area (Å²) in [4.78, 5) is -0.199. The average Bonchev–Trinajstić information content (AvgIpc) is 2.75. The van der Waals surface area contributed by atoms with Crippen molar-refractivity contribution < 1.29 is 16.8 Å². The lowest BCUT2D eigenvalue weighted by atomic mass is 10.2. The van der Waals surface area contributed by atoms with Crippen LogP contribution in [-0.2, 0) is 19.9 Å². The molecule has 1 heterocycles. The molecule has 1 atom stereocenters. The van der Waals surface area contributed by atoms with E-state index in [2.05, 4.69) is 4.72 Å². The first kappa shape index (κ1) is 15.8. The van der Waals surface area contributed by atoms with Crippen molar-refractivity contribution in [1.29, 1.82) is 5.26 Å². The maximum Gasteiger partial charge on any atom is 0.241 e. The van der Waals surface area contributed by atoms with Gasteiger partial charge in [-0.1, -0.05) is 0 Å². The van der Waals surface area contributed by atoms with Crippen molar-refractivity contribution in [3.8, 4) is 6.07 Å². The van der Waals surface area contributed by atoms with E-state index >= 15 is 0 Å². The van der Waals surface area contributed by atoms with E-state index in [4.69, 9.17) is 11.0 Å². The zero-order chi connectivity index (χ0) is 15.7. The maximum absolute atomic E-state index is 12.2. The Morgan fingerprint density at radius 1 is 1.43 bits per heavy atom. The summed E-state index contributed by atoms with van der Waals surface area (Å²) in [7, 11) is -7.18. The number of nitrogen functional groups attached to an aromatic ring is 1. The number of nitrogens with one attached hydrogen (secondary N) is 1. The van der Waals surface area contributed by atoms with Gasteiger partial charge in [0.25, 0.3) is 0 Å². The number of benzene rings is 1. The number of hydrogen-bond acceptors (Lipinski definition) is 6. The smallest absolute Gasteiger partial charge is 0.241 e. The molecule has 0 aliphatic carbocycles. The van der Waals surface area contributed by atoms with Crippen LogP contribution in [0.4, 0.5) is 5.69 Å². The molecule has 0 spiro atoms. The first-order valence-corrected chi connectivity index (χ1v) is 9.47. The van der Waals surface area contributed by atoms with Crippen LogP contribution in [0.5, 0.6) is 0 Å². The Kier molecular flexibility index (Phi) is 4.22. The zero-order valence-electron chi connectivity index (χ0n) is 11.1. The summed E-state index contributed by atoms with van der Waals surface area (Å²) in [5.41, 5.74) is 5.72. The van der Waals surface area contributed by atoms with E-state index in [-0.39, 0.29) is 28.4 Å². The van der Waals surface area contributed by atoms with Gasteiger partial charge in [-0.25, -0.2) is 21.6 Å². The van der Waals surface area contributed by atoms with Crippen LogP contribution in [0.1, 0.15) is 18.4 Å². The van der Waals surface area contributed by atoms with Crippen molar-refractivity contribution in [2.45, 2.75) is 23.0 Å². The van der Waals surface area contributed by atoms with Crippen molar-refractivity contribution in [2.24, 2.45) is 0 Å². The second kappa shape index (κ2) is 5.63. The summed E-state index contributed by atoms with van der Waals surface area (Å²) in [6.45, 7) is -0.181. The Labute approximate surface area is 123 Å². The number of nitriles is 1. The molecule has 21 heavy (non-hydrogen) atoms. The van der Waals surface area contributed by atoms with Crippen LogP contribution in [0.25, 0.3) is 0 Å². The molecule has 1 aromatic rings. The third-order valence-corrected chi connectivity index (χ3v) is 7.13. The molecule has 0 aromatic heterocycles. The fraction of sp³-hybridized carbons (Fsp3) is 0.417. The van der Waals surface area contributed by atoms with Crippen LogP contribution in [0.15, 0.2) is 23.1 Å². The van der Waals surface area contributed by atoms with Crippen LogP contribution >= 0.6 is 0 Å². The molecule has 2 rings (SSSR count). The van der Waals surface area contributed by atoms with Crippen molar-refractivity contribution in [3.63, 3.8) is 0 Å². The Bertz CT molecular complexity index is 794. The number of nitrogens with two attached hydrogens (primary N) is 1. The quantitative estimate of drug-likeness (QED) is 0.747. The first-order chi connectivity index (χ1) is 9.76. The molecule has 0 amide bonds. The molecular formula is C12H15N3O4S2. The summed E-state index contributed by atoms with van der Waals surface area (Å²) < 4.78 is 50.0. The molecule has 7 nitrogen and oxygen atoms in total. The molecule has 0 saturated carbocycles. The predicted octanol–water partition coefficient (Wildman–Crippen LogP) is -0.00402. The van der Waals surface area contributed by atoms with Gasteiger partial charge in [0.1, 0.15) is 6.07 Å². The van der Waals surface area contributed by atoms with E-state index in [1.807, 2.05) is 0 Å². The maximum atomic E-state index is 12.2. The third kappa shape index (κ3) is 3.34. The van der Waals surface area contributed by atoms with E-state index in [1.54, 1.807) is 6.07 Å². The van der Waals surface area contributed by atoms with Crippen molar-refractivity contribution in [1.82, 2.24) is 4.72 Å². The Morgan fingerprint density at radius 3 is 2.71 bits per heavy atom. The summed E-state index contributed by atoms with van der Waals surface area (Å²) in [5, 5.41) is 8.27. The second-order valence-corrected chi connectivity index (χ2v) is 8.99. The molecule has 3 N–H and O–H groups in total. The van der Waals surface area contributed by atoms with Gasteiger partial charge in [-0.15, -0.1) is 0 Å². The lowest BCUT2D eigenvalue weighted by Crippen LogP contribution is -2.34. The monoisotopic (exact) mass is 329 g/mol. The highest BCUT2D eigenvalue weighted by atomic mass is 32.2. The van der Waals surface area contributed by atoms with E-state index in [0.717, 1.165) is 0 Å². The van der Waals surface area contributed by atoms with Crippen molar-refractivity contribution in [3.05, 3.63) is 23.8 Å². The van der Waals surface area contributed by atoms with E-state index in [0.29, 0.717) is 12.8 Å². The van der Waals surface area contributed by atoms with Gasteiger partial charge in [-0.2, -0.15) is 5.26 Å². The average molecular weight is 329 g/mol. The largest absolute Gasteiger partial charge is 0.399 e. The molecule has 1 aromatic carbocycles. The van der Waals surface area contributed by atoms with Gasteiger partial charge in [0.05, 0.1) is 21.5 Å². The van der Waals surface area contributed by atoms with Crippen LogP contribution < -0.4 is 10.5 Å². The number of nitrogens with zero attached hydrogens (tertiary/aromatic N) is 1. The molecule has 1 saturated heterocycles. The number of sulfonamides is 1. The lowest BCUT2D eigenvalue weighted by Gasteiger charge is -2.12. The highest BCUT2D eigenvalue weighted by molar-refractivity contribution is 7.92. The molecule has 1 aliphatic heterocycles. The Balaban J connectivity index is 2.22. The van der Waals surface area contributed by atoms with E-state index < -0.39 is 25.1 Å². The highest BCUT2D eigenvalue weighted by Gasteiger charge is 2.32. The molecule has 9 heteroatoms. The molecule has 1 aliphatic rings. The Hall–Kier alpha value is -1.63. The van der Waals surface area contributed by atoms with Gasteiger partial charge in [0, 0.05) is 12.2 Å². The molecular weight excluding hydrogens is 314 g/mol. The minimum absolute atomic E-state index is 0.0724. The van der Waals surface area contributed by atoms with E-state index in [9.17, 15) is 16.8 Å². The van der Waals surface area contributed by atoms with Gasteiger partial charge in [-0.3, -0.25) is 0 Å². The normalized spacial score (nSPS) is 21.0. The van der Waals surface area contributed by atoms with Crippen LogP contribution in [0, 0.1) is 11.3 Å². The topological polar surface area (TPSA) is 130 Å². The second-order valence-electron chi connectivity index (χ2n) is 4.85. The van der Waals surface area contributed by atoms with E-state index in [1.165, 1.54) is 18.2 Å². The fourth-order valence-electron chi connectivity index (χ4n) is 2.24. The van der Waals surface area contributed by atoms with Gasteiger partial charge in [0.2, 0.25) is 10.0 Å². The molecule has 114 valence electrons. The SMILES string of the molecule is N#Cc1cc(N)ccc1S(=O)(=O)NCC1CCCS1(=O)=O. The molecule has 0 radical (unpaired) electrons. The standard InChI is InChI=1S/C12H15N3O4S2/c13-7-9-6-10(14)3-4-12(9)21(18,19)15-8-11-2-1-5-20(11,16)17/h3-4,6,11,15H,1-2,5,8,14H2. The van der Waals surface area contributed by atoms with Crippen molar-refractivity contribution >= 4 is 25.5 Å². The predicted molar refractivity (Wildman–Crippen MR) is 77.6 cm³/mol. The zero-order valence-corrected chi connectivity index (χ0v) is 12.7. The number of sulfone groups is 1. The van der Waals surface area contributed by atoms with Gasteiger partial charge < -0.3 is 5.73 Å². The number of anilines is 1. The number of hydrogen-bond donors (Lipinski definition) is 2.